The molecule has 5 aliphatic carbocycles. The van der Waals surface area contributed by atoms with E-state index in [2.05, 4.69) is 54.5 Å². The van der Waals surface area contributed by atoms with Gasteiger partial charge in [-0.15, -0.1) is 0 Å². The lowest BCUT2D eigenvalue weighted by Crippen LogP contribution is -2.68. The number of fused-ring (bicyclic) bond motifs is 7. The van der Waals surface area contributed by atoms with Crippen LogP contribution < -0.4 is 0 Å². The minimum absolute atomic E-state index is 0.0166. The molecule has 376 valence electrons. The topological polar surface area (TPSA) is 292 Å². The average molecular weight is 941 g/mol. The summed E-state index contributed by atoms with van der Waals surface area (Å²) in [7, 11) is 0. The SMILES string of the molecule is CC1OC(OC2C(OC3C(OC4CCC5(C)C(CCC6(C)C5CC=C5C7CC(C)(C)CCC7(C(=O)O)CCC56C)C4(C)C)OC(C(=O)O)C(O)C3O)OC(CO)C(O)C2O)C(O)C(O)C1O. The summed E-state index contributed by atoms with van der Waals surface area (Å²) in [5, 5.41) is 107. The molecule has 8 aliphatic rings. The highest BCUT2D eigenvalue weighted by atomic mass is 16.8. The summed E-state index contributed by atoms with van der Waals surface area (Å²) in [6.45, 7) is 16.6. The summed E-state index contributed by atoms with van der Waals surface area (Å²) >= 11 is 0. The van der Waals surface area contributed by atoms with Crippen LogP contribution in [0.1, 0.15) is 120 Å². The van der Waals surface area contributed by atoms with Gasteiger partial charge >= 0.3 is 11.9 Å². The first-order valence-electron chi connectivity index (χ1n) is 24.2. The first-order chi connectivity index (χ1) is 30.7. The number of carbonyl (C=O) groups is 2. The molecule has 0 aromatic carbocycles. The van der Waals surface area contributed by atoms with Crippen molar-refractivity contribution < 1.29 is 89.1 Å². The lowest BCUT2D eigenvalue weighted by atomic mass is 9.33. The van der Waals surface area contributed by atoms with Crippen LogP contribution in [0.5, 0.6) is 0 Å². The third-order valence-corrected chi connectivity index (χ3v) is 19.3. The molecule has 3 heterocycles. The quantitative estimate of drug-likeness (QED) is 0.117. The van der Waals surface area contributed by atoms with Gasteiger partial charge in [-0.25, -0.2) is 4.79 Å². The number of rotatable bonds is 9. The molecule has 10 N–H and O–H groups in total. The number of carboxylic acid groups (broad SMARTS) is 2. The Hall–Kier alpha value is -1.88. The van der Waals surface area contributed by atoms with Crippen molar-refractivity contribution in [2.24, 2.45) is 50.2 Å². The maximum atomic E-state index is 13.2. The average Bonchev–Trinajstić information content (AvgIpc) is 3.24. The fourth-order valence-corrected chi connectivity index (χ4v) is 15.0. The van der Waals surface area contributed by atoms with Gasteiger partial charge in [0.2, 0.25) is 0 Å². The van der Waals surface area contributed by atoms with E-state index in [4.69, 9.17) is 28.4 Å². The van der Waals surface area contributed by atoms with E-state index < -0.39 is 128 Å². The van der Waals surface area contributed by atoms with Crippen molar-refractivity contribution in [1.29, 1.82) is 0 Å². The second-order valence-corrected chi connectivity index (χ2v) is 23.5. The van der Waals surface area contributed by atoms with Crippen molar-refractivity contribution in [3.8, 4) is 0 Å². The summed E-state index contributed by atoms with van der Waals surface area (Å²) < 4.78 is 36.3. The van der Waals surface area contributed by atoms with Gasteiger partial charge in [0.05, 0.1) is 24.2 Å². The molecule has 0 bridgehead atoms. The first-order valence-corrected chi connectivity index (χ1v) is 24.2. The largest absolute Gasteiger partial charge is 0.481 e. The highest BCUT2D eigenvalue weighted by molar-refractivity contribution is 5.76. The fraction of sp³-hybridized carbons (Fsp3) is 0.917. The molecule has 18 heteroatoms. The van der Waals surface area contributed by atoms with Gasteiger partial charge in [0.25, 0.3) is 0 Å². The van der Waals surface area contributed by atoms with Crippen LogP contribution in [0.2, 0.25) is 0 Å². The summed E-state index contributed by atoms with van der Waals surface area (Å²) in [5.41, 5.74) is -0.417. The van der Waals surface area contributed by atoms with Gasteiger partial charge in [-0.3, -0.25) is 4.79 Å². The Morgan fingerprint density at radius 2 is 1.29 bits per heavy atom. The number of hydrogen-bond donors (Lipinski definition) is 10. The standard InChI is InChI=1S/C48H76O18/c1-21-28(50)30(52)34(56)39(61-21)65-36-31(53)29(51)24(20-49)62-40(36)66-37-33(55)32(54)35(38(57)58)64-41(37)63-27-12-13-45(6)25(44(27,4)5)11-14-47(8)26(45)10-9-22-23-19-43(2,3)15-17-48(23,42(59)60)18-16-46(22,47)7/h9,21,23-37,39-41,49-56H,10-20H2,1-8H3,(H,57,58)(H,59,60). The molecule has 18 nitrogen and oxygen atoms in total. The molecular weight excluding hydrogens is 865 g/mol. The fourth-order valence-electron chi connectivity index (χ4n) is 15.0. The zero-order valence-electron chi connectivity index (χ0n) is 39.6. The second kappa shape index (κ2) is 17.5. The Labute approximate surface area is 386 Å². The van der Waals surface area contributed by atoms with Crippen molar-refractivity contribution in [2.45, 2.75) is 218 Å². The molecule has 4 saturated carbocycles. The van der Waals surface area contributed by atoms with Crippen LogP contribution in [0.3, 0.4) is 0 Å². The van der Waals surface area contributed by atoms with Crippen molar-refractivity contribution in [3.05, 3.63) is 11.6 Å². The van der Waals surface area contributed by atoms with Crippen molar-refractivity contribution in [1.82, 2.24) is 0 Å². The van der Waals surface area contributed by atoms with Crippen LogP contribution in [0, 0.1) is 50.2 Å². The Balaban J connectivity index is 1.06. The van der Waals surface area contributed by atoms with Crippen molar-refractivity contribution in [2.75, 3.05) is 6.61 Å². The molecule has 0 spiro atoms. The molecule has 0 radical (unpaired) electrons. The maximum Gasteiger partial charge on any atom is 0.335 e. The Morgan fingerprint density at radius 3 is 1.92 bits per heavy atom. The summed E-state index contributed by atoms with van der Waals surface area (Å²) in [6.07, 6.45) is -16.3. The van der Waals surface area contributed by atoms with Gasteiger partial charge in [0.15, 0.2) is 25.0 Å². The van der Waals surface area contributed by atoms with Gasteiger partial charge in [0.1, 0.15) is 61.0 Å². The molecule has 8 rings (SSSR count). The molecule has 0 aromatic heterocycles. The normalized spacial score (nSPS) is 53.3. The number of aliphatic carboxylic acids is 2. The summed E-state index contributed by atoms with van der Waals surface area (Å²) in [6, 6.07) is 0. The zero-order chi connectivity index (χ0) is 48.4. The molecule has 7 fully saturated rings. The van der Waals surface area contributed by atoms with Crippen LogP contribution in [-0.4, -0.2) is 168 Å². The minimum atomic E-state index is -2.04. The number of hydrogen-bond acceptors (Lipinski definition) is 16. The number of aliphatic hydroxyl groups excluding tert-OH is 8. The predicted molar refractivity (Wildman–Crippen MR) is 230 cm³/mol. The van der Waals surface area contributed by atoms with Gasteiger partial charge in [-0.1, -0.05) is 60.1 Å². The van der Waals surface area contributed by atoms with E-state index in [1.165, 1.54) is 12.5 Å². The number of ether oxygens (including phenoxy) is 6. The molecule has 23 unspecified atom stereocenters. The minimum Gasteiger partial charge on any atom is -0.481 e. The zero-order valence-corrected chi connectivity index (χ0v) is 39.6. The van der Waals surface area contributed by atoms with Crippen LogP contribution in [0.15, 0.2) is 11.6 Å². The van der Waals surface area contributed by atoms with Gasteiger partial charge < -0.3 is 79.5 Å². The van der Waals surface area contributed by atoms with E-state index in [1.807, 2.05) is 0 Å². The van der Waals surface area contributed by atoms with Crippen LogP contribution in [0.25, 0.3) is 0 Å². The molecule has 3 saturated heterocycles. The first kappa shape index (κ1) is 50.5. The van der Waals surface area contributed by atoms with E-state index in [1.54, 1.807) is 0 Å². The Bertz CT molecular complexity index is 1860. The van der Waals surface area contributed by atoms with E-state index >= 15 is 0 Å². The predicted octanol–water partition coefficient (Wildman–Crippen LogP) is 1.83. The lowest BCUT2D eigenvalue weighted by Gasteiger charge is -2.71. The molecule has 0 aromatic rings. The molecule has 23 atom stereocenters. The summed E-state index contributed by atoms with van der Waals surface area (Å²) in [4.78, 5) is 25.6. The van der Waals surface area contributed by atoms with Gasteiger partial charge in [-0.05, 0) is 116 Å². The molecule has 3 aliphatic heterocycles. The Kier molecular flexibility index (Phi) is 13.4. The molecule has 0 amide bonds. The number of carboxylic acids is 2. The third-order valence-electron chi connectivity index (χ3n) is 19.3. The highest BCUT2D eigenvalue weighted by Gasteiger charge is 2.70. The highest BCUT2D eigenvalue weighted by Crippen LogP contribution is 2.76. The van der Waals surface area contributed by atoms with Crippen molar-refractivity contribution in [3.63, 3.8) is 0 Å². The molecular formula is C48H76O18. The number of aliphatic hydroxyl groups is 8. The van der Waals surface area contributed by atoms with E-state index in [-0.39, 0.29) is 39.4 Å². The van der Waals surface area contributed by atoms with E-state index in [9.17, 15) is 60.7 Å². The molecule has 66 heavy (non-hydrogen) atoms. The number of allylic oxidation sites excluding steroid dienone is 2. The van der Waals surface area contributed by atoms with Gasteiger partial charge in [-0.2, -0.15) is 0 Å². The van der Waals surface area contributed by atoms with E-state index in [0.29, 0.717) is 19.3 Å². The lowest BCUT2D eigenvalue weighted by molar-refractivity contribution is -0.395. The monoisotopic (exact) mass is 941 g/mol. The van der Waals surface area contributed by atoms with Crippen LogP contribution in [-0.2, 0) is 38.0 Å². The smallest absolute Gasteiger partial charge is 0.335 e. The van der Waals surface area contributed by atoms with Crippen molar-refractivity contribution >= 4 is 11.9 Å². The van der Waals surface area contributed by atoms with E-state index in [0.717, 1.165) is 44.9 Å². The second-order valence-electron chi connectivity index (χ2n) is 23.5. The third kappa shape index (κ3) is 7.74. The van der Waals surface area contributed by atoms with Gasteiger partial charge in [0, 0.05) is 0 Å². The van der Waals surface area contributed by atoms with Crippen LogP contribution >= 0.6 is 0 Å². The summed E-state index contributed by atoms with van der Waals surface area (Å²) in [5.74, 6) is -1.89. The van der Waals surface area contributed by atoms with Crippen LogP contribution in [0.4, 0.5) is 0 Å². The maximum absolute atomic E-state index is 13.2. The Morgan fingerprint density at radius 1 is 0.667 bits per heavy atom.